The number of nitrogens with zero attached hydrogens (tertiary/aromatic N) is 1. The fraction of sp³-hybridized carbons (Fsp3) is 0.562. The van der Waals surface area contributed by atoms with Gasteiger partial charge in [-0.3, -0.25) is 4.79 Å². The summed E-state index contributed by atoms with van der Waals surface area (Å²) < 4.78 is 0. The van der Waals surface area contributed by atoms with Crippen molar-refractivity contribution in [1.29, 1.82) is 0 Å². The van der Waals surface area contributed by atoms with E-state index in [9.17, 15) is 4.79 Å². The van der Waals surface area contributed by atoms with Crippen molar-refractivity contribution in [3.63, 3.8) is 0 Å². The van der Waals surface area contributed by atoms with Gasteiger partial charge in [-0.25, -0.2) is 0 Å². The molecule has 0 aromatic heterocycles. The molecule has 0 bridgehead atoms. The van der Waals surface area contributed by atoms with Crippen LogP contribution in [0.1, 0.15) is 50.8 Å². The minimum absolute atomic E-state index is 0.181. The van der Waals surface area contributed by atoms with Gasteiger partial charge in [0.2, 0.25) is 5.91 Å². The minimum atomic E-state index is 0.181. The van der Waals surface area contributed by atoms with E-state index in [4.69, 9.17) is 0 Å². The van der Waals surface area contributed by atoms with Crippen LogP contribution in [0.25, 0.3) is 0 Å². The highest BCUT2D eigenvalue weighted by molar-refractivity contribution is 5.73. The second-order valence-corrected chi connectivity index (χ2v) is 5.91. The first kappa shape index (κ1) is 13.1. The van der Waals surface area contributed by atoms with Gasteiger partial charge < -0.3 is 4.90 Å². The molecule has 2 nitrogen and oxygen atoms in total. The van der Waals surface area contributed by atoms with Crippen LogP contribution in [0, 0.1) is 0 Å². The second kappa shape index (κ2) is 4.75. The van der Waals surface area contributed by atoms with Gasteiger partial charge in [0.25, 0.3) is 0 Å². The molecule has 1 amide bonds. The predicted octanol–water partition coefficient (Wildman–Crippen LogP) is 3.28. The van der Waals surface area contributed by atoms with Crippen molar-refractivity contribution in [3.05, 3.63) is 34.9 Å². The third-order valence-corrected chi connectivity index (χ3v) is 4.33. The van der Waals surface area contributed by atoms with Crippen LogP contribution in [0.15, 0.2) is 18.2 Å². The van der Waals surface area contributed by atoms with Crippen LogP contribution < -0.4 is 0 Å². The van der Waals surface area contributed by atoms with Gasteiger partial charge in [-0.1, -0.05) is 39.0 Å². The van der Waals surface area contributed by atoms with E-state index in [1.807, 2.05) is 4.90 Å². The first-order valence-electron chi connectivity index (χ1n) is 6.82. The lowest BCUT2D eigenvalue weighted by molar-refractivity contribution is -0.129. The fourth-order valence-corrected chi connectivity index (χ4v) is 2.45. The summed E-state index contributed by atoms with van der Waals surface area (Å²) >= 11 is 0. The number of carbonyl (C=O) groups excluding carboxylic acids is 1. The van der Waals surface area contributed by atoms with Gasteiger partial charge in [0.15, 0.2) is 0 Å². The molecule has 0 unspecified atom stereocenters. The van der Waals surface area contributed by atoms with E-state index in [1.54, 1.807) is 6.92 Å². The largest absolute Gasteiger partial charge is 0.338 e. The number of fused-ring (bicyclic) bond motifs is 1. The minimum Gasteiger partial charge on any atom is -0.338 e. The Morgan fingerprint density at radius 3 is 2.67 bits per heavy atom. The number of amides is 1. The molecule has 0 spiro atoms. The molecule has 0 fully saturated rings. The molecule has 2 heteroatoms. The zero-order valence-electron chi connectivity index (χ0n) is 11.9. The smallest absolute Gasteiger partial charge is 0.219 e. The van der Waals surface area contributed by atoms with E-state index >= 15 is 0 Å². The summed E-state index contributed by atoms with van der Waals surface area (Å²) in [5, 5.41) is 0. The average molecular weight is 245 g/mol. The van der Waals surface area contributed by atoms with Crippen LogP contribution >= 0.6 is 0 Å². The van der Waals surface area contributed by atoms with Crippen molar-refractivity contribution in [1.82, 2.24) is 4.90 Å². The van der Waals surface area contributed by atoms with Crippen molar-refractivity contribution in [2.24, 2.45) is 0 Å². The number of hydrogen-bond acceptors (Lipinski definition) is 1. The highest BCUT2D eigenvalue weighted by Gasteiger charge is 2.22. The maximum absolute atomic E-state index is 11.5. The van der Waals surface area contributed by atoms with Crippen molar-refractivity contribution in [2.45, 2.75) is 52.5 Å². The molecular formula is C16H23NO. The van der Waals surface area contributed by atoms with Gasteiger partial charge in [0.05, 0.1) is 0 Å². The summed E-state index contributed by atoms with van der Waals surface area (Å²) in [5.41, 5.74) is 4.33. The van der Waals surface area contributed by atoms with Crippen molar-refractivity contribution < 1.29 is 4.79 Å². The Bertz CT molecular complexity index is 462. The Hall–Kier alpha value is -1.31. The fourth-order valence-electron chi connectivity index (χ4n) is 2.45. The molecule has 0 radical (unpaired) electrons. The van der Waals surface area contributed by atoms with Crippen LogP contribution in [-0.2, 0) is 23.2 Å². The molecule has 2 rings (SSSR count). The maximum atomic E-state index is 11.5. The Morgan fingerprint density at radius 1 is 1.33 bits per heavy atom. The van der Waals surface area contributed by atoms with E-state index in [-0.39, 0.29) is 11.3 Å². The molecule has 0 saturated carbocycles. The highest BCUT2D eigenvalue weighted by atomic mass is 16.2. The molecule has 98 valence electrons. The first-order chi connectivity index (χ1) is 8.44. The number of rotatable bonds is 2. The van der Waals surface area contributed by atoms with Gasteiger partial charge in [-0.05, 0) is 34.9 Å². The van der Waals surface area contributed by atoms with E-state index in [1.165, 1.54) is 16.7 Å². The predicted molar refractivity (Wildman–Crippen MR) is 74.6 cm³/mol. The van der Waals surface area contributed by atoms with E-state index < -0.39 is 0 Å². The average Bonchev–Trinajstić information content (AvgIpc) is 2.37. The normalized spacial score (nSPS) is 15.4. The Morgan fingerprint density at radius 2 is 2.06 bits per heavy atom. The monoisotopic (exact) mass is 245 g/mol. The number of benzene rings is 1. The number of hydrogen-bond donors (Lipinski definition) is 0. The third kappa shape index (κ3) is 2.43. The molecular weight excluding hydrogens is 222 g/mol. The van der Waals surface area contributed by atoms with Crippen LogP contribution in [0.4, 0.5) is 0 Å². The molecule has 0 N–H and O–H groups in total. The van der Waals surface area contributed by atoms with Gasteiger partial charge in [0, 0.05) is 20.0 Å². The van der Waals surface area contributed by atoms with Gasteiger partial charge >= 0.3 is 0 Å². The molecule has 0 aliphatic carbocycles. The topological polar surface area (TPSA) is 20.3 Å². The third-order valence-electron chi connectivity index (χ3n) is 4.33. The van der Waals surface area contributed by atoms with Crippen LogP contribution in [0.2, 0.25) is 0 Å². The van der Waals surface area contributed by atoms with E-state index in [0.717, 1.165) is 25.9 Å². The summed E-state index contributed by atoms with van der Waals surface area (Å²) in [7, 11) is 0. The summed E-state index contributed by atoms with van der Waals surface area (Å²) in [6, 6.07) is 6.80. The Balaban J connectivity index is 2.32. The second-order valence-electron chi connectivity index (χ2n) is 5.91. The van der Waals surface area contributed by atoms with E-state index in [0.29, 0.717) is 0 Å². The molecule has 1 aromatic rings. The Labute approximate surface area is 110 Å². The van der Waals surface area contributed by atoms with Gasteiger partial charge in [0.1, 0.15) is 0 Å². The summed E-state index contributed by atoms with van der Waals surface area (Å²) in [6.45, 7) is 10.1. The van der Waals surface area contributed by atoms with E-state index in [2.05, 4.69) is 39.0 Å². The highest BCUT2D eigenvalue weighted by Crippen LogP contribution is 2.30. The maximum Gasteiger partial charge on any atom is 0.219 e. The molecule has 1 aromatic carbocycles. The molecule has 0 atom stereocenters. The van der Waals surface area contributed by atoms with Gasteiger partial charge in [-0.2, -0.15) is 0 Å². The zero-order chi connectivity index (χ0) is 13.3. The molecule has 18 heavy (non-hydrogen) atoms. The Kier molecular flexibility index (Phi) is 3.47. The summed E-state index contributed by atoms with van der Waals surface area (Å²) in [6.07, 6.45) is 2.12. The standard InChI is InChI=1S/C16H23NO/c1-5-16(3,4)15-7-6-13-8-9-17(12(2)18)11-14(13)10-15/h6-7,10H,5,8-9,11H2,1-4H3. The van der Waals surface area contributed by atoms with Gasteiger partial charge in [-0.15, -0.1) is 0 Å². The van der Waals surface area contributed by atoms with Crippen LogP contribution in [0.3, 0.4) is 0 Å². The lowest BCUT2D eigenvalue weighted by atomic mass is 9.80. The first-order valence-corrected chi connectivity index (χ1v) is 6.82. The number of carbonyl (C=O) groups is 1. The molecule has 0 saturated heterocycles. The molecule has 1 aliphatic rings. The van der Waals surface area contributed by atoms with Crippen molar-refractivity contribution in [3.8, 4) is 0 Å². The summed E-state index contributed by atoms with van der Waals surface area (Å²) in [4.78, 5) is 13.4. The van der Waals surface area contributed by atoms with Crippen molar-refractivity contribution >= 4 is 5.91 Å². The van der Waals surface area contributed by atoms with Crippen LogP contribution in [-0.4, -0.2) is 17.4 Å². The SMILES string of the molecule is CCC(C)(C)c1ccc2c(c1)CN(C(C)=O)CC2. The molecule has 1 heterocycles. The summed E-state index contributed by atoms with van der Waals surface area (Å²) in [5.74, 6) is 0.181. The quantitative estimate of drug-likeness (QED) is 0.783. The molecule has 1 aliphatic heterocycles. The lowest BCUT2D eigenvalue weighted by Gasteiger charge is -2.30. The zero-order valence-corrected chi connectivity index (χ0v) is 11.9. The van der Waals surface area contributed by atoms with Crippen molar-refractivity contribution in [2.75, 3.05) is 6.54 Å². The van der Waals surface area contributed by atoms with Crippen LogP contribution in [0.5, 0.6) is 0 Å². The lowest BCUT2D eigenvalue weighted by Crippen LogP contribution is -2.34.